The third kappa shape index (κ3) is 2.80. The predicted octanol–water partition coefficient (Wildman–Crippen LogP) is 1.37. The number of hydrogen-bond donors (Lipinski definition) is 0. The molecular weight excluding hydrogens is 240 g/mol. The van der Waals surface area contributed by atoms with E-state index in [0.29, 0.717) is 0 Å². The van der Waals surface area contributed by atoms with Gasteiger partial charge in [0.1, 0.15) is 5.54 Å². The molecule has 0 spiro atoms. The second kappa shape index (κ2) is 5.72. The van der Waals surface area contributed by atoms with Gasteiger partial charge in [-0.1, -0.05) is 30.3 Å². The van der Waals surface area contributed by atoms with Crippen molar-refractivity contribution >= 4 is 5.97 Å². The normalized spacial score (nSPS) is 23.8. The first-order valence-electron chi connectivity index (χ1n) is 6.60. The molecule has 0 aliphatic carbocycles. The van der Waals surface area contributed by atoms with Gasteiger partial charge in [0, 0.05) is 19.6 Å². The van der Waals surface area contributed by atoms with Crippen LogP contribution in [0.25, 0.3) is 0 Å². The number of nitrogens with zero attached hydrogens (tertiary/aromatic N) is 2. The van der Waals surface area contributed by atoms with Crippen molar-refractivity contribution in [1.29, 1.82) is 0 Å². The van der Waals surface area contributed by atoms with Crippen LogP contribution in [0.3, 0.4) is 0 Å². The first-order valence-corrected chi connectivity index (χ1v) is 6.60. The highest BCUT2D eigenvalue weighted by Crippen LogP contribution is 2.28. The van der Waals surface area contributed by atoms with E-state index in [9.17, 15) is 4.79 Å². The summed E-state index contributed by atoms with van der Waals surface area (Å²) >= 11 is 0. The van der Waals surface area contributed by atoms with Crippen LogP contribution in [0.5, 0.6) is 0 Å². The quantitative estimate of drug-likeness (QED) is 0.767. The summed E-state index contributed by atoms with van der Waals surface area (Å²) in [5.74, 6) is -0.131. The zero-order valence-corrected chi connectivity index (χ0v) is 11.9. The molecule has 1 aromatic carbocycles. The molecule has 0 radical (unpaired) electrons. The van der Waals surface area contributed by atoms with Crippen molar-refractivity contribution < 1.29 is 9.53 Å². The van der Waals surface area contributed by atoms with E-state index in [1.165, 1.54) is 12.7 Å². The van der Waals surface area contributed by atoms with Crippen molar-refractivity contribution in [2.45, 2.75) is 18.5 Å². The fourth-order valence-corrected chi connectivity index (χ4v) is 2.75. The molecule has 1 fully saturated rings. The molecule has 1 aliphatic rings. The lowest BCUT2D eigenvalue weighted by atomic mass is 9.97. The molecule has 0 N–H and O–H groups in total. The summed E-state index contributed by atoms with van der Waals surface area (Å²) in [7, 11) is 5.36. The molecule has 0 amide bonds. The van der Waals surface area contributed by atoms with E-state index in [1.807, 2.05) is 37.2 Å². The number of benzene rings is 1. The number of carbonyl (C=O) groups excluding carboxylic acids is 1. The van der Waals surface area contributed by atoms with Crippen LogP contribution in [0.1, 0.15) is 12.0 Å². The molecule has 2 rings (SSSR count). The van der Waals surface area contributed by atoms with Crippen molar-refractivity contribution in [3.05, 3.63) is 35.9 Å². The maximum atomic E-state index is 12.1. The Morgan fingerprint density at radius 1 is 1.37 bits per heavy atom. The van der Waals surface area contributed by atoms with Crippen molar-refractivity contribution in [1.82, 2.24) is 9.80 Å². The van der Waals surface area contributed by atoms with E-state index in [4.69, 9.17) is 4.74 Å². The summed E-state index contributed by atoms with van der Waals surface area (Å²) < 4.78 is 4.99. The Morgan fingerprint density at radius 3 is 2.63 bits per heavy atom. The summed E-state index contributed by atoms with van der Waals surface area (Å²) in [5, 5.41) is 0. The van der Waals surface area contributed by atoms with Crippen LogP contribution >= 0.6 is 0 Å². The molecular formula is C15H22N2O2. The van der Waals surface area contributed by atoms with E-state index in [0.717, 1.165) is 26.1 Å². The first-order chi connectivity index (χ1) is 9.08. The summed E-state index contributed by atoms with van der Waals surface area (Å²) in [5.41, 5.74) is 0.783. The van der Waals surface area contributed by atoms with E-state index in [1.54, 1.807) is 0 Å². The highest BCUT2D eigenvalue weighted by atomic mass is 16.5. The lowest BCUT2D eigenvalue weighted by Crippen LogP contribution is -2.53. The monoisotopic (exact) mass is 262 g/mol. The van der Waals surface area contributed by atoms with Crippen molar-refractivity contribution in [3.63, 3.8) is 0 Å². The third-order valence-electron chi connectivity index (χ3n) is 4.00. The highest BCUT2D eigenvalue weighted by molar-refractivity contribution is 5.81. The van der Waals surface area contributed by atoms with Gasteiger partial charge in [-0.15, -0.1) is 0 Å². The molecule has 1 aromatic rings. The molecule has 4 nitrogen and oxygen atoms in total. The summed E-state index contributed by atoms with van der Waals surface area (Å²) in [6.07, 6.45) is 0.819. The predicted molar refractivity (Wildman–Crippen MR) is 74.8 cm³/mol. The van der Waals surface area contributed by atoms with Crippen LogP contribution < -0.4 is 0 Å². The molecule has 1 atom stereocenters. The average molecular weight is 262 g/mol. The lowest BCUT2D eigenvalue weighted by molar-refractivity contribution is -0.153. The smallest absolute Gasteiger partial charge is 0.327 e. The number of likely N-dealkylation sites (N-methyl/N-ethyl adjacent to an activating group) is 1. The van der Waals surface area contributed by atoms with Gasteiger partial charge in [-0.05, 0) is 26.1 Å². The molecule has 0 bridgehead atoms. The third-order valence-corrected chi connectivity index (χ3v) is 4.00. The lowest BCUT2D eigenvalue weighted by Gasteiger charge is -2.33. The number of esters is 1. The molecule has 1 saturated heterocycles. The molecule has 1 unspecified atom stereocenters. The van der Waals surface area contributed by atoms with Gasteiger partial charge in [0.05, 0.1) is 7.11 Å². The summed E-state index contributed by atoms with van der Waals surface area (Å²) in [6.45, 7) is 2.52. The zero-order valence-electron chi connectivity index (χ0n) is 11.9. The van der Waals surface area contributed by atoms with Crippen LogP contribution in [0.15, 0.2) is 30.3 Å². The molecule has 1 heterocycles. The van der Waals surface area contributed by atoms with Crippen molar-refractivity contribution in [2.75, 3.05) is 34.3 Å². The van der Waals surface area contributed by atoms with Crippen LogP contribution in [0, 0.1) is 0 Å². The Morgan fingerprint density at radius 2 is 2.05 bits per heavy atom. The van der Waals surface area contributed by atoms with Crippen LogP contribution in [0.2, 0.25) is 0 Å². The number of likely N-dealkylation sites (tertiary alicyclic amines) is 1. The molecule has 104 valence electrons. The van der Waals surface area contributed by atoms with Gasteiger partial charge in [-0.25, -0.2) is 4.79 Å². The second-order valence-corrected chi connectivity index (χ2v) is 5.36. The molecule has 0 aromatic heterocycles. The number of carbonyl (C=O) groups is 1. The Kier molecular flexibility index (Phi) is 4.22. The minimum absolute atomic E-state index is 0.131. The summed E-state index contributed by atoms with van der Waals surface area (Å²) in [4.78, 5) is 16.4. The summed E-state index contributed by atoms with van der Waals surface area (Å²) in [6, 6.07) is 10.4. The Hall–Kier alpha value is -1.39. The molecule has 1 aliphatic heterocycles. The Labute approximate surface area is 115 Å². The van der Waals surface area contributed by atoms with Crippen LogP contribution in [-0.2, 0) is 16.1 Å². The topological polar surface area (TPSA) is 32.8 Å². The van der Waals surface area contributed by atoms with Crippen molar-refractivity contribution in [2.24, 2.45) is 0 Å². The van der Waals surface area contributed by atoms with Gasteiger partial charge >= 0.3 is 5.97 Å². The van der Waals surface area contributed by atoms with Crippen LogP contribution in [-0.4, -0.2) is 55.6 Å². The number of rotatable bonds is 4. The van der Waals surface area contributed by atoms with Gasteiger partial charge in [0.25, 0.3) is 0 Å². The maximum absolute atomic E-state index is 12.1. The van der Waals surface area contributed by atoms with Gasteiger partial charge in [0.2, 0.25) is 0 Å². The number of hydrogen-bond acceptors (Lipinski definition) is 4. The first kappa shape index (κ1) is 14.0. The van der Waals surface area contributed by atoms with Crippen molar-refractivity contribution in [3.8, 4) is 0 Å². The second-order valence-electron chi connectivity index (χ2n) is 5.36. The van der Waals surface area contributed by atoms with E-state index < -0.39 is 5.54 Å². The molecule has 19 heavy (non-hydrogen) atoms. The fourth-order valence-electron chi connectivity index (χ4n) is 2.75. The highest BCUT2D eigenvalue weighted by Gasteiger charge is 2.47. The Bertz CT molecular complexity index is 433. The fraction of sp³-hybridized carbons (Fsp3) is 0.533. The average Bonchev–Trinajstić information content (AvgIpc) is 2.84. The minimum atomic E-state index is -0.496. The van der Waals surface area contributed by atoms with Crippen LogP contribution in [0.4, 0.5) is 0 Å². The maximum Gasteiger partial charge on any atom is 0.327 e. The standard InChI is InChI=1S/C15H22N2O2/c1-16(2)15(14(18)19-3)9-10-17(12-15)11-13-7-5-4-6-8-13/h4-8H,9-12H2,1-3H3. The number of methoxy groups -OCH3 is 1. The number of ether oxygens (including phenoxy) is 1. The van der Waals surface area contributed by atoms with E-state index in [-0.39, 0.29) is 5.97 Å². The Balaban J connectivity index is 2.07. The SMILES string of the molecule is COC(=O)C1(N(C)C)CCN(Cc2ccccc2)C1. The minimum Gasteiger partial charge on any atom is -0.468 e. The van der Waals surface area contributed by atoms with Gasteiger partial charge in [-0.3, -0.25) is 9.80 Å². The largest absolute Gasteiger partial charge is 0.468 e. The van der Waals surface area contributed by atoms with E-state index in [2.05, 4.69) is 17.0 Å². The van der Waals surface area contributed by atoms with Gasteiger partial charge in [0.15, 0.2) is 0 Å². The molecule has 4 heteroatoms. The molecule has 0 saturated carbocycles. The van der Waals surface area contributed by atoms with E-state index >= 15 is 0 Å². The van der Waals surface area contributed by atoms with Gasteiger partial charge < -0.3 is 4.74 Å². The van der Waals surface area contributed by atoms with Gasteiger partial charge in [-0.2, -0.15) is 0 Å². The zero-order chi connectivity index (χ0) is 13.9.